The number of rotatable bonds is 8. The van der Waals surface area contributed by atoms with Gasteiger partial charge in [-0.15, -0.1) is 0 Å². The van der Waals surface area contributed by atoms with Crippen molar-refractivity contribution in [2.24, 2.45) is 5.92 Å². The van der Waals surface area contributed by atoms with E-state index in [0.717, 1.165) is 43.1 Å². The summed E-state index contributed by atoms with van der Waals surface area (Å²) in [6.45, 7) is 3.72. The molecule has 26 heavy (non-hydrogen) atoms. The van der Waals surface area contributed by atoms with Crippen molar-refractivity contribution >= 4 is 10.0 Å². The van der Waals surface area contributed by atoms with Crippen LogP contribution in [0.4, 0.5) is 0 Å². The van der Waals surface area contributed by atoms with Crippen LogP contribution in [-0.2, 0) is 22.9 Å². The molecule has 0 amide bonds. The van der Waals surface area contributed by atoms with Crippen molar-refractivity contribution in [2.45, 2.75) is 32.1 Å². The Morgan fingerprint density at radius 3 is 2.81 bits per heavy atom. The van der Waals surface area contributed by atoms with Crippen molar-refractivity contribution in [3.05, 3.63) is 63.9 Å². The van der Waals surface area contributed by atoms with E-state index in [-0.39, 0.29) is 5.56 Å². The first-order valence-corrected chi connectivity index (χ1v) is 10.3. The van der Waals surface area contributed by atoms with Gasteiger partial charge in [0.25, 0.3) is 5.56 Å². The molecule has 2 N–H and O–H groups in total. The van der Waals surface area contributed by atoms with Gasteiger partial charge in [0, 0.05) is 23.7 Å². The summed E-state index contributed by atoms with van der Waals surface area (Å²) in [4.78, 5) is 11.9. The normalized spacial score (nSPS) is 16.4. The Morgan fingerprint density at radius 2 is 2.04 bits per heavy atom. The molecular formula is C19H23N3O3S. The first-order chi connectivity index (χ1) is 12.5. The standard InChI is InChI=1S/C19H23N3O3S/c1-2-26(24,25)21-9-4-3-5-14-11-15-6-7-16(13-17(15)12-14)18-8-10-20-22-19(18)23/h2,6-8,10,13-14,21H,1,3-5,9,11-12H2,(H,22,23). The minimum absolute atomic E-state index is 0.177. The highest BCUT2D eigenvalue weighted by atomic mass is 32.2. The van der Waals surface area contributed by atoms with Gasteiger partial charge in [-0.05, 0) is 54.4 Å². The van der Waals surface area contributed by atoms with Gasteiger partial charge in [0.1, 0.15) is 0 Å². The highest BCUT2D eigenvalue weighted by Gasteiger charge is 2.21. The molecule has 0 saturated carbocycles. The molecule has 1 aliphatic rings. The van der Waals surface area contributed by atoms with Gasteiger partial charge in [-0.1, -0.05) is 31.2 Å². The number of benzene rings is 1. The molecular weight excluding hydrogens is 350 g/mol. The van der Waals surface area contributed by atoms with Gasteiger partial charge in [0.2, 0.25) is 10.0 Å². The van der Waals surface area contributed by atoms with Crippen molar-refractivity contribution in [3.63, 3.8) is 0 Å². The fraction of sp³-hybridized carbons (Fsp3) is 0.368. The monoisotopic (exact) mass is 373 g/mol. The lowest BCUT2D eigenvalue weighted by Crippen LogP contribution is -2.22. The van der Waals surface area contributed by atoms with Gasteiger partial charge in [-0.2, -0.15) is 5.10 Å². The number of H-pyrrole nitrogens is 1. The molecule has 0 spiro atoms. The van der Waals surface area contributed by atoms with Crippen LogP contribution in [0.15, 0.2) is 47.2 Å². The molecule has 1 aromatic heterocycles. The molecule has 1 atom stereocenters. The second-order valence-electron chi connectivity index (χ2n) is 6.66. The SMILES string of the molecule is C=CS(=O)(=O)NCCCCC1Cc2ccc(-c3ccn[nH]c3=O)cc2C1. The van der Waals surface area contributed by atoms with E-state index >= 15 is 0 Å². The molecule has 1 aromatic carbocycles. The van der Waals surface area contributed by atoms with E-state index < -0.39 is 10.0 Å². The van der Waals surface area contributed by atoms with E-state index in [1.165, 1.54) is 11.1 Å². The van der Waals surface area contributed by atoms with Crippen LogP contribution in [0.3, 0.4) is 0 Å². The number of sulfonamides is 1. The van der Waals surface area contributed by atoms with Gasteiger partial charge < -0.3 is 0 Å². The Labute approximate surface area is 153 Å². The second kappa shape index (κ2) is 7.97. The third kappa shape index (κ3) is 4.47. The molecule has 7 heteroatoms. The summed E-state index contributed by atoms with van der Waals surface area (Å²) in [7, 11) is -3.32. The number of aromatic amines is 1. The Hall–Kier alpha value is -2.25. The van der Waals surface area contributed by atoms with Crippen LogP contribution in [0.2, 0.25) is 0 Å². The maximum absolute atomic E-state index is 11.9. The average Bonchev–Trinajstić information content (AvgIpc) is 3.03. The summed E-state index contributed by atoms with van der Waals surface area (Å²) in [5.74, 6) is 0.576. The van der Waals surface area contributed by atoms with Crippen molar-refractivity contribution in [2.75, 3.05) is 6.54 Å². The molecule has 138 valence electrons. The van der Waals surface area contributed by atoms with Crippen molar-refractivity contribution < 1.29 is 8.42 Å². The maximum Gasteiger partial charge on any atom is 0.272 e. The summed E-state index contributed by atoms with van der Waals surface area (Å²) in [5.41, 5.74) is 4.03. The summed E-state index contributed by atoms with van der Waals surface area (Å²) in [5, 5.41) is 7.14. The number of unbranched alkanes of at least 4 members (excludes halogenated alkanes) is 1. The van der Waals surface area contributed by atoms with Crippen LogP contribution in [-0.4, -0.2) is 25.2 Å². The van der Waals surface area contributed by atoms with Crippen molar-refractivity contribution in [1.82, 2.24) is 14.9 Å². The molecule has 0 radical (unpaired) electrons. The summed E-state index contributed by atoms with van der Waals surface area (Å²) in [6, 6.07) is 7.95. The van der Waals surface area contributed by atoms with E-state index in [1.54, 1.807) is 12.3 Å². The van der Waals surface area contributed by atoms with Gasteiger partial charge in [0.05, 0.1) is 0 Å². The maximum atomic E-state index is 11.9. The largest absolute Gasteiger partial charge is 0.272 e. The molecule has 0 bridgehead atoms. The van der Waals surface area contributed by atoms with Crippen molar-refractivity contribution in [1.29, 1.82) is 0 Å². The number of hydrogen-bond donors (Lipinski definition) is 2. The molecule has 2 aromatic rings. The third-order valence-corrected chi connectivity index (χ3v) is 5.87. The van der Waals surface area contributed by atoms with Crippen LogP contribution >= 0.6 is 0 Å². The Morgan fingerprint density at radius 1 is 1.23 bits per heavy atom. The van der Waals surface area contributed by atoms with E-state index in [4.69, 9.17) is 0 Å². The van der Waals surface area contributed by atoms with Gasteiger partial charge in [0.15, 0.2) is 0 Å². The Bertz CT molecular complexity index is 950. The molecule has 3 rings (SSSR count). The predicted molar refractivity (Wildman–Crippen MR) is 102 cm³/mol. The first-order valence-electron chi connectivity index (χ1n) is 8.76. The van der Waals surface area contributed by atoms with Crippen molar-refractivity contribution in [3.8, 4) is 11.1 Å². The number of nitrogens with zero attached hydrogens (tertiary/aromatic N) is 1. The minimum atomic E-state index is -3.32. The molecule has 1 aliphatic carbocycles. The fourth-order valence-corrected chi connectivity index (χ4v) is 4.03. The molecule has 0 aliphatic heterocycles. The second-order valence-corrected chi connectivity index (χ2v) is 8.37. The highest BCUT2D eigenvalue weighted by molar-refractivity contribution is 7.92. The molecule has 1 unspecified atom stereocenters. The Balaban J connectivity index is 1.54. The van der Waals surface area contributed by atoms with Crippen LogP contribution in [0, 0.1) is 5.92 Å². The molecule has 0 fully saturated rings. The van der Waals surface area contributed by atoms with Gasteiger partial charge >= 0.3 is 0 Å². The smallest absolute Gasteiger partial charge is 0.267 e. The van der Waals surface area contributed by atoms with E-state index in [0.29, 0.717) is 18.0 Å². The molecule has 0 saturated heterocycles. The predicted octanol–water partition coefficient (Wildman–Crippen LogP) is 2.38. The summed E-state index contributed by atoms with van der Waals surface area (Å²) >= 11 is 0. The zero-order valence-corrected chi connectivity index (χ0v) is 15.4. The Kier molecular flexibility index (Phi) is 5.68. The van der Waals surface area contributed by atoms with Crippen LogP contribution < -0.4 is 10.3 Å². The molecule has 6 nitrogen and oxygen atoms in total. The minimum Gasteiger partial charge on any atom is -0.267 e. The summed E-state index contributed by atoms with van der Waals surface area (Å²) in [6.07, 6.45) is 6.50. The number of aromatic nitrogens is 2. The van der Waals surface area contributed by atoms with E-state index in [1.807, 2.05) is 6.07 Å². The number of fused-ring (bicyclic) bond motifs is 1. The van der Waals surface area contributed by atoms with Crippen LogP contribution in [0.5, 0.6) is 0 Å². The number of hydrogen-bond acceptors (Lipinski definition) is 4. The average molecular weight is 373 g/mol. The van der Waals surface area contributed by atoms with E-state index in [9.17, 15) is 13.2 Å². The lowest BCUT2D eigenvalue weighted by atomic mass is 9.99. The zero-order valence-electron chi connectivity index (χ0n) is 14.6. The lowest BCUT2D eigenvalue weighted by molar-refractivity contribution is 0.481. The lowest BCUT2D eigenvalue weighted by Gasteiger charge is -2.08. The van der Waals surface area contributed by atoms with E-state index in [2.05, 4.69) is 33.6 Å². The topological polar surface area (TPSA) is 91.9 Å². The fourth-order valence-electron chi connectivity index (χ4n) is 3.48. The third-order valence-electron chi connectivity index (χ3n) is 4.82. The van der Waals surface area contributed by atoms with Crippen LogP contribution in [0.25, 0.3) is 11.1 Å². The van der Waals surface area contributed by atoms with Crippen LogP contribution in [0.1, 0.15) is 30.4 Å². The highest BCUT2D eigenvalue weighted by Crippen LogP contribution is 2.32. The van der Waals surface area contributed by atoms with Gasteiger partial charge in [-0.25, -0.2) is 18.2 Å². The zero-order chi connectivity index (χ0) is 18.6. The number of nitrogens with one attached hydrogen (secondary N) is 2. The summed E-state index contributed by atoms with van der Waals surface area (Å²) < 4.78 is 25.1. The molecule has 1 heterocycles. The first kappa shape index (κ1) is 18.5. The quantitative estimate of drug-likeness (QED) is 0.695. The van der Waals surface area contributed by atoms with Gasteiger partial charge in [-0.3, -0.25) is 4.79 Å².